The van der Waals surface area contributed by atoms with Crippen molar-refractivity contribution >= 4 is 63.1 Å². The number of thiophene rings is 1. The first-order valence-electron chi connectivity index (χ1n) is 9.24. The number of carbonyl (C=O) groups excluding carboxylic acids is 3. The van der Waals surface area contributed by atoms with E-state index in [2.05, 4.69) is 33.2 Å². The van der Waals surface area contributed by atoms with Crippen molar-refractivity contribution in [2.45, 2.75) is 0 Å². The fraction of sp³-hybridized carbons (Fsp3) is 0.136. The van der Waals surface area contributed by atoms with E-state index in [4.69, 9.17) is 14.2 Å². The largest absolute Gasteiger partial charge is 0.493 e. The Morgan fingerprint density at radius 3 is 2.38 bits per heavy atom. The van der Waals surface area contributed by atoms with Crippen molar-refractivity contribution in [3.05, 3.63) is 67.9 Å². The highest BCUT2D eigenvalue weighted by atomic mass is 127. The van der Waals surface area contributed by atoms with Crippen LogP contribution < -0.4 is 20.1 Å². The Morgan fingerprint density at radius 2 is 1.72 bits per heavy atom. The number of hydrogen-bond acceptors (Lipinski definition) is 7. The fourth-order valence-corrected chi connectivity index (χ4v) is 3.88. The lowest BCUT2D eigenvalue weighted by Crippen LogP contribution is -2.22. The molecule has 2 N–H and O–H groups in total. The van der Waals surface area contributed by atoms with Gasteiger partial charge in [0.15, 0.2) is 18.1 Å². The molecule has 0 radical (unpaired) electrons. The molecule has 0 atom stereocenters. The zero-order valence-electron chi connectivity index (χ0n) is 17.1. The average molecular weight is 566 g/mol. The lowest BCUT2D eigenvalue weighted by molar-refractivity contribution is -0.119. The van der Waals surface area contributed by atoms with Crippen molar-refractivity contribution in [2.24, 2.45) is 0 Å². The number of benzene rings is 2. The zero-order chi connectivity index (χ0) is 23.1. The van der Waals surface area contributed by atoms with Gasteiger partial charge in [0.2, 0.25) is 0 Å². The van der Waals surface area contributed by atoms with Gasteiger partial charge in [-0.15, -0.1) is 11.3 Å². The van der Waals surface area contributed by atoms with Crippen molar-refractivity contribution in [3.8, 4) is 11.5 Å². The molecule has 0 aliphatic carbocycles. The molecule has 2 amide bonds. The van der Waals surface area contributed by atoms with Crippen molar-refractivity contribution < 1.29 is 28.6 Å². The maximum absolute atomic E-state index is 12.8. The number of anilines is 2. The summed E-state index contributed by atoms with van der Waals surface area (Å²) >= 11 is 3.39. The molecule has 0 saturated heterocycles. The standard InChI is InChI=1S/C22H19IN2O6S/c1-29-17-10-15(16(11-18(17)30-2)25-21(27)19-7-4-8-32-19)22(28)31-12-20(26)24-14-6-3-5-13(23)9-14/h3-11H,12H2,1-2H3,(H,24,26)(H,25,27). The maximum Gasteiger partial charge on any atom is 0.340 e. The molecule has 0 aliphatic rings. The Hall–Kier alpha value is -3.12. The molecule has 1 heterocycles. The Kier molecular flexibility index (Phi) is 8.06. The molecular weight excluding hydrogens is 547 g/mol. The third kappa shape index (κ3) is 5.98. The number of carbonyl (C=O) groups is 3. The molecule has 8 nitrogen and oxygen atoms in total. The third-order valence-electron chi connectivity index (χ3n) is 4.18. The molecule has 3 aromatic rings. The van der Waals surface area contributed by atoms with Crippen LogP contribution >= 0.6 is 33.9 Å². The minimum atomic E-state index is -0.801. The number of nitrogens with one attached hydrogen (secondary N) is 2. The summed E-state index contributed by atoms with van der Waals surface area (Å²) in [5, 5.41) is 7.12. The summed E-state index contributed by atoms with van der Waals surface area (Å²) in [4.78, 5) is 37.9. The Labute approximate surface area is 202 Å². The summed E-state index contributed by atoms with van der Waals surface area (Å²) in [7, 11) is 2.86. The van der Waals surface area contributed by atoms with E-state index in [1.165, 1.54) is 37.7 Å². The van der Waals surface area contributed by atoms with Gasteiger partial charge in [0.05, 0.1) is 30.3 Å². The number of halogens is 1. The van der Waals surface area contributed by atoms with Gasteiger partial charge in [-0.3, -0.25) is 9.59 Å². The van der Waals surface area contributed by atoms with E-state index in [0.717, 1.165) is 3.57 Å². The highest BCUT2D eigenvalue weighted by molar-refractivity contribution is 14.1. The fourth-order valence-electron chi connectivity index (χ4n) is 2.72. The first-order valence-corrected chi connectivity index (χ1v) is 11.2. The first-order chi connectivity index (χ1) is 15.4. The quantitative estimate of drug-likeness (QED) is 0.309. The number of esters is 1. The van der Waals surface area contributed by atoms with Crippen molar-refractivity contribution in [3.63, 3.8) is 0 Å². The second-order valence-corrected chi connectivity index (χ2v) is 8.51. The van der Waals surface area contributed by atoms with Crippen LogP contribution in [0.15, 0.2) is 53.9 Å². The second kappa shape index (κ2) is 11.0. The minimum Gasteiger partial charge on any atom is -0.493 e. The third-order valence-corrected chi connectivity index (χ3v) is 5.72. The predicted octanol–water partition coefficient (Wildman–Crippen LogP) is 4.42. The zero-order valence-corrected chi connectivity index (χ0v) is 20.1. The molecule has 0 unspecified atom stereocenters. The Bertz CT molecular complexity index is 1130. The second-order valence-electron chi connectivity index (χ2n) is 6.32. The molecular formula is C22H19IN2O6S. The van der Waals surface area contributed by atoms with Crippen LogP contribution in [0.2, 0.25) is 0 Å². The number of amides is 2. The monoisotopic (exact) mass is 566 g/mol. The lowest BCUT2D eigenvalue weighted by Gasteiger charge is -2.15. The minimum absolute atomic E-state index is 0.0228. The number of methoxy groups -OCH3 is 2. The van der Waals surface area contributed by atoms with Crippen LogP contribution in [0.1, 0.15) is 20.0 Å². The van der Waals surface area contributed by atoms with Gasteiger partial charge in [-0.05, 0) is 52.2 Å². The summed E-state index contributed by atoms with van der Waals surface area (Å²) in [5.74, 6) is -1.09. The van der Waals surface area contributed by atoms with E-state index in [-0.39, 0.29) is 17.0 Å². The van der Waals surface area contributed by atoms with E-state index < -0.39 is 24.4 Å². The molecule has 0 bridgehead atoms. The lowest BCUT2D eigenvalue weighted by atomic mass is 10.1. The summed E-state index contributed by atoms with van der Waals surface area (Å²) in [6, 6.07) is 13.5. The van der Waals surface area contributed by atoms with Gasteiger partial charge < -0.3 is 24.8 Å². The number of hydrogen-bond donors (Lipinski definition) is 2. The molecule has 0 spiro atoms. The molecule has 0 fully saturated rings. The van der Waals surface area contributed by atoms with E-state index >= 15 is 0 Å². The summed E-state index contributed by atoms with van der Waals surface area (Å²) in [6.07, 6.45) is 0. The molecule has 3 rings (SSSR count). The van der Waals surface area contributed by atoms with Gasteiger partial charge in [0.1, 0.15) is 0 Å². The van der Waals surface area contributed by atoms with Crippen LogP contribution in [0, 0.1) is 3.57 Å². The normalized spacial score (nSPS) is 10.2. The van der Waals surface area contributed by atoms with Crippen LogP contribution in [0.3, 0.4) is 0 Å². The Morgan fingerprint density at radius 1 is 0.969 bits per heavy atom. The van der Waals surface area contributed by atoms with Gasteiger partial charge in [-0.2, -0.15) is 0 Å². The van der Waals surface area contributed by atoms with Gasteiger partial charge in [0.25, 0.3) is 11.8 Å². The molecule has 0 aliphatic heterocycles. The van der Waals surface area contributed by atoms with Crippen LogP contribution in [0.25, 0.3) is 0 Å². The first kappa shape index (κ1) is 23.5. The van der Waals surface area contributed by atoms with E-state index in [1.807, 2.05) is 6.07 Å². The van der Waals surface area contributed by atoms with Crippen LogP contribution in [-0.4, -0.2) is 38.6 Å². The molecule has 166 valence electrons. The molecule has 0 saturated carbocycles. The van der Waals surface area contributed by atoms with Crippen molar-refractivity contribution in [1.29, 1.82) is 0 Å². The molecule has 10 heteroatoms. The topological polar surface area (TPSA) is 103 Å². The van der Waals surface area contributed by atoms with E-state index in [9.17, 15) is 14.4 Å². The highest BCUT2D eigenvalue weighted by Crippen LogP contribution is 2.34. The van der Waals surface area contributed by atoms with Crippen LogP contribution in [0.4, 0.5) is 11.4 Å². The SMILES string of the molecule is COc1cc(NC(=O)c2cccs2)c(C(=O)OCC(=O)Nc2cccc(I)c2)cc1OC. The molecule has 2 aromatic carbocycles. The smallest absolute Gasteiger partial charge is 0.340 e. The maximum atomic E-state index is 12.8. The number of ether oxygens (including phenoxy) is 3. The van der Waals surface area contributed by atoms with Crippen molar-refractivity contribution in [1.82, 2.24) is 0 Å². The molecule has 1 aromatic heterocycles. The Balaban J connectivity index is 1.77. The summed E-state index contributed by atoms with van der Waals surface area (Å²) in [6.45, 7) is -0.503. The number of rotatable bonds is 8. The van der Waals surface area contributed by atoms with Gasteiger partial charge in [-0.1, -0.05) is 12.1 Å². The van der Waals surface area contributed by atoms with Crippen LogP contribution in [0.5, 0.6) is 11.5 Å². The predicted molar refractivity (Wildman–Crippen MR) is 130 cm³/mol. The van der Waals surface area contributed by atoms with Gasteiger partial charge >= 0.3 is 5.97 Å². The van der Waals surface area contributed by atoms with Gasteiger partial charge in [-0.25, -0.2) is 4.79 Å². The highest BCUT2D eigenvalue weighted by Gasteiger charge is 2.21. The van der Waals surface area contributed by atoms with E-state index in [0.29, 0.717) is 16.3 Å². The summed E-state index contributed by atoms with van der Waals surface area (Å²) in [5.41, 5.74) is 0.784. The van der Waals surface area contributed by atoms with Crippen molar-refractivity contribution in [2.75, 3.05) is 31.5 Å². The average Bonchev–Trinajstić information content (AvgIpc) is 3.32. The van der Waals surface area contributed by atoms with Gasteiger partial charge in [0, 0.05) is 21.4 Å². The summed E-state index contributed by atoms with van der Waals surface area (Å²) < 4.78 is 16.7. The van der Waals surface area contributed by atoms with E-state index in [1.54, 1.807) is 35.7 Å². The molecule has 32 heavy (non-hydrogen) atoms. The van der Waals surface area contributed by atoms with Crippen LogP contribution in [-0.2, 0) is 9.53 Å².